The van der Waals surface area contributed by atoms with Gasteiger partial charge in [0, 0.05) is 24.7 Å². The van der Waals surface area contributed by atoms with Crippen LogP contribution in [0.2, 0.25) is 0 Å². The Balaban J connectivity index is 2.75. The molecule has 5 nitrogen and oxygen atoms in total. The average Bonchev–Trinajstić information content (AvgIpc) is 2.36. The molecule has 0 fully saturated rings. The monoisotopic (exact) mass is 253 g/mol. The third kappa shape index (κ3) is 3.53. The molecule has 0 saturated heterocycles. The van der Waals surface area contributed by atoms with Gasteiger partial charge in [-0.3, -0.25) is 9.59 Å². The van der Waals surface area contributed by atoms with Crippen molar-refractivity contribution in [3.8, 4) is 0 Å². The Bertz CT molecular complexity index is 463. The van der Waals surface area contributed by atoms with Crippen molar-refractivity contribution in [1.29, 1.82) is 0 Å². The van der Waals surface area contributed by atoms with Gasteiger partial charge < -0.3 is 16.4 Å². The first-order valence-corrected chi connectivity index (χ1v) is 5.49. The highest BCUT2D eigenvalue weighted by atomic mass is 19.1. The first kappa shape index (κ1) is 14.1. The molecule has 18 heavy (non-hydrogen) atoms. The molecule has 98 valence electrons. The number of hydrogen-bond donors (Lipinski definition) is 3. The van der Waals surface area contributed by atoms with Gasteiger partial charge in [-0.25, -0.2) is 4.39 Å². The van der Waals surface area contributed by atoms with Gasteiger partial charge in [0.2, 0.25) is 11.8 Å². The minimum atomic E-state index is -0.615. The van der Waals surface area contributed by atoms with Crippen molar-refractivity contribution in [3.63, 3.8) is 0 Å². The molecule has 1 rings (SSSR count). The van der Waals surface area contributed by atoms with Gasteiger partial charge in [0.25, 0.3) is 0 Å². The summed E-state index contributed by atoms with van der Waals surface area (Å²) in [5.74, 6) is -1.26. The molecule has 1 aromatic rings. The summed E-state index contributed by atoms with van der Waals surface area (Å²) in [4.78, 5) is 22.2. The third-order valence-corrected chi connectivity index (χ3v) is 2.57. The molecule has 1 unspecified atom stereocenters. The van der Waals surface area contributed by atoms with Crippen molar-refractivity contribution >= 4 is 11.8 Å². The Morgan fingerprint density at radius 2 is 2.11 bits per heavy atom. The molecule has 0 aromatic heterocycles. The van der Waals surface area contributed by atoms with Crippen LogP contribution in [0, 0.1) is 5.82 Å². The maximum Gasteiger partial charge on any atom is 0.248 e. The van der Waals surface area contributed by atoms with Crippen LogP contribution in [0.5, 0.6) is 0 Å². The lowest BCUT2D eigenvalue weighted by Gasteiger charge is -2.13. The van der Waals surface area contributed by atoms with Crippen molar-refractivity contribution in [2.45, 2.75) is 19.5 Å². The molecule has 1 atom stereocenters. The Hall–Kier alpha value is -1.95. The van der Waals surface area contributed by atoms with Gasteiger partial charge in [0.1, 0.15) is 5.82 Å². The van der Waals surface area contributed by atoms with E-state index in [0.717, 1.165) is 0 Å². The van der Waals surface area contributed by atoms with Gasteiger partial charge >= 0.3 is 0 Å². The first-order chi connectivity index (χ1) is 8.45. The van der Waals surface area contributed by atoms with E-state index in [1.807, 2.05) is 0 Å². The second-order valence-corrected chi connectivity index (χ2v) is 3.89. The summed E-state index contributed by atoms with van der Waals surface area (Å²) < 4.78 is 13.5. The van der Waals surface area contributed by atoms with E-state index in [9.17, 15) is 14.0 Å². The number of rotatable bonds is 5. The number of halogens is 1. The topological polar surface area (TPSA) is 84.2 Å². The van der Waals surface area contributed by atoms with E-state index in [-0.39, 0.29) is 18.0 Å². The van der Waals surface area contributed by atoms with Crippen molar-refractivity contribution in [1.82, 2.24) is 10.6 Å². The van der Waals surface area contributed by atoms with E-state index in [4.69, 9.17) is 5.73 Å². The lowest BCUT2D eigenvalue weighted by molar-refractivity contribution is -0.122. The molecule has 0 aliphatic heterocycles. The predicted molar refractivity (Wildman–Crippen MR) is 65.3 cm³/mol. The zero-order valence-corrected chi connectivity index (χ0v) is 10.3. The van der Waals surface area contributed by atoms with E-state index in [2.05, 4.69) is 10.6 Å². The highest BCUT2D eigenvalue weighted by Crippen LogP contribution is 2.10. The van der Waals surface area contributed by atoms with Crippen LogP contribution in [0.3, 0.4) is 0 Å². The minimum absolute atomic E-state index is 0.140. The summed E-state index contributed by atoms with van der Waals surface area (Å²) in [6.07, 6.45) is 0. The zero-order chi connectivity index (χ0) is 13.7. The highest BCUT2D eigenvalue weighted by molar-refractivity contribution is 5.92. The van der Waals surface area contributed by atoms with E-state index < -0.39 is 17.8 Å². The van der Waals surface area contributed by atoms with Crippen LogP contribution < -0.4 is 16.4 Å². The van der Waals surface area contributed by atoms with Crippen LogP contribution in [0.1, 0.15) is 22.8 Å². The Morgan fingerprint density at radius 1 is 1.44 bits per heavy atom. The standard InChI is InChI=1S/C12H16FN3O2/c1-7(12(18)15-2)16-6-9-5-8(11(14)17)3-4-10(9)13/h3-5,7,16H,6H2,1-2H3,(H2,14,17)(H,15,18). The van der Waals surface area contributed by atoms with Gasteiger partial charge in [-0.15, -0.1) is 0 Å². The van der Waals surface area contributed by atoms with E-state index in [1.54, 1.807) is 6.92 Å². The van der Waals surface area contributed by atoms with Crippen molar-refractivity contribution < 1.29 is 14.0 Å². The molecule has 0 heterocycles. The number of carbonyl (C=O) groups is 2. The van der Waals surface area contributed by atoms with E-state index in [1.165, 1.54) is 25.2 Å². The number of amides is 2. The van der Waals surface area contributed by atoms with Crippen LogP contribution in [0.4, 0.5) is 4.39 Å². The third-order valence-electron chi connectivity index (χ3n) is 2.57. The van der Waals surface area contributed by atoms with Gasteiger partial charge in [-0.2, -0.15) is 0 Å². The van der Waals surface area contributed by atoms with Crippen LogP contribution in [0.15, 0.2) is 18.2 Å². The molecule has 6 heteroatoms. The maximum absolute atomic E-state index is 13.5. The fourth-order valence-electron chi connectivity index (χ4n) is 1.44. The molecule has 1 aromatic carbocycles. The first-order valence-electron chi connectivity index (χ1n) is 5.49. The summed E-state index contributed by atoms with van der Waals surface area (Å²) in [5, 5.41) is 5.33. The van der Waals surface area contributed by atoms with Crippen LogP contribution in [-0.2, 0) is 11.3 Å². The number of nitrogens with one attached hydrogen (secondary N) is 2. The predicted octanol–water partition coefficient (Wildman–Crippen LogP) is 0.149. The van der Waals surface area contributed by atoms with Gasteiger partial charge in [-0.05, 0) is 25.1 Å². The minimum Gasteiger partial charge on any atom is -0.366 e. The van der Waals surface area contributed by atoms with Gasteiger partial charge in [-0.1, -0.05) is 0 Å². The normalized spacial score (nSPS) is 11.9. The number of primary amides is 1. The smallest absolute Gasteiger partial charge is 0.248 e. The molecule has 0 saturated carbocycles. The lowest BCUT2D eigenvalue weighted by Crippen LogP contribution is -2.40. The number of carbonyl (C=O) groups excluding carboxylic acids is 2. The van der Waals surface area contributed by atoms with Crippen molar-refractivity contribution in [2.75, 3.05) is 7.05 Å². The number of benzene rings is 1. The number of likely N-dealkylation sites (N-methyl/N-ethyl adjacent to an activating group) is 1. The fourth-order valence-corrected chi connectivity index (χ4v) is 1.44. The quantitative estimate of drug-likeness (QED) is 0.698. The lowest BCUT2D eigenvalue weighted by atomic mass is 10.1. The molecule has 0 bridgehead atoms. The molecule has 0 aliphatic carbocycles. The summed E-state index contributed by atoms with van der Waals surface area (Å²) in [7, 11) is 1.52. The van der Waals surface area contributed by atoms with Crippen molar-refractivity contribution in [2.24, 2.45) is 5.73 Å². The molecular weight excluding hydrogens is 237 g/mol. The van der Waals surface area contributed by atoms with E-state index >= 15 is 0 Å². The second kappa shape index (κ2) is 6.11. The Labute approximate surface area is 105 Å². The molecule has 0 radical (unpaired) electrons. The van der Waals surface area contributed by atoms with Crippen LogP contribution in [0.25, 0.3) is 0 Å². The summed E-state index contributed by atoms with van der Waals surface area (Å²) >= 11 is 0. The van der Waals surface area contributed by atoms with Crippen LogP contribution in [-0.4, -0.2) is 24.9 Å². The summed E-state index contributed by atoms with van der Waals surface area (Å²) in [6, 6.07) is 3.43. The zero-order valence-electron chi connectivity index (χ0n) is 10.3. The molecule has 4 N–H and O–H groups in total. The van der Waals surface area contributed by atoms with Gasteiger partial charge in [0.15, 0.2) is 0 Å². The molecular formula is C12H16FN3O2. The fraction of sp³-hybridized carbons (Fsp3) is 0.333. The number of nitrogens with two attached hydrogens (primary N) is 1. The van der Waals surface area contributed by atoms with Crippen LogP contribution >= 0.6 is 0 Å². The maximum atomic E-state index is 13.5. The largest absolute Gasteiger partial charge is 0.366 e. The Kier molecular flexibility index (Phi) is 4.79. The number of hydrogen-bond acceptors (Lipinski definition) is 3. The highest BCUT2D eigenvalue weighted by Gasteiger charge is 2.12. The SMILES string of the molecule is CNC(=O)C(C)NCc1cc(C(N)=O)ccc1F. The van der Waals surface area contributed by atoms with Gasteiger partial charge in [0.05, 0.1) is 6.04 Å². The molecule has 0 spiro atoms. The Morgan fingerprint density at radius 3 is 2.67 bits per heavy atom. The summed E-state index contributed by atoms with van der Waals surface area (Å²) in [6.45, 7) is 1.80. The second-order valence-electron chi connectivity index (χ2n) is 3.89. The van der Waals surface area contributed by atoms with E-state index in [0.29, 0.717) is 5.56 Å². The average molecular weight is 253 g/mol. The molecule has 2 amide bonds. The van der Waals surface area contributed by atoms with Crippen molar-refractivity contribution in [3.05, 3.63) is 35.1 Å². The molecule has 0 aliphatic rings. The summed E-state index contributed by atoms with van der Waals surface area (Å²) in [5.41, 5.74) is 5.64.